The molecule has 1 saturated carbocycles. The van der Waals surface area contributed by atoms with E-state index in [-0.39, 0.29) is 17.9 Å². The predicted molar refractivity (Wildman–Crippen MR) is 124 cm³/mol. The fourth-order valence-electron chi connectivity index (χ4n) is 5.01. The van der Waals surface area contributed by atoms with Crippen LogP contribution in [0, 0.1) is 5.92 Å². The first kappa shape index (κ1) is 22.0. The third kappa shape index (κ3) is 4.82. The van der Waals surface area contributed by atoms with Crippen LogP contribution in [-0.2, 0) is 11.2 Å². The highest BCUT2D eigenvalue weighted by atomic mass is 16.2. The second kappa shape index (κ2) is 9.51. The van der Waals surface area contributed by atoms with Gasteiger partial charge in [-0.2, -0.15) is 0 Å². The Bertz CT molecular complexity index is 978. The van der Waals surface area contributed by atoms with Crippen LogP contribution >= 0.6 is 0 Å². The van der Waals surface area contributed by atoms with E-state index in [1.807, 2.05) is 18.2 Å². The minimum Gasteiger partial charge on any atom is -0.369 e. The summed E-state index contributed by atoms with van der Waals surface area (Å²) in [5, 5.41) is 3.17. The number of carbonyl (C=O) groups is 2. The topological polar surface area (TPSA) is 101 Å². The molecule has 1 aliphatic carbocycles. The largest absolute Gasteiger partial charge is 0.369 e. The number of nitrogens with two attached hydrogens (primary N) is 1. The third-order valence-corrected chi connectivity index (χ3v) is 6.73. The summed E-state index contributed by atoms with van der Waals surface area (Å²) in [7, 11) is 1.70. The Hall–Kier alpha value is -3.22. The summed E-state index contributed by atoms with van der Waals surface area (Å²) in [6, 6.07) is 13.7. The molecule has 7 nitrogen and oxygen atoms in total. The zero-order valence-corrected chi connectivity index (χ0v) is 18.5. The fraction of sp³-hybridized carbons (Fsp3) is 0.440. The Morgan fingerprint density at radius 1 is 1.19 bits per heavy atom. The van der Waals surface area contributed by atoms with Crippen molar-refractivity contribution in [2.45, 2.75) is 56.5 Å². The van der Waals surface area contributed by atoms with Gasteiger partial charge in [0.15, 0.2) is 5.96 Å². The first-order valence-electron chi connectivity index (χ1n) is 11.4. The first-order valence-corrected chi connectivity index (χ1v) is 11.4. The minimum absolute atomic E-state index is 0.0196. The summed E-state index contributed by atoms with van der Waals surface area (Å²) >= 11 is 0. The Labute approximate surface area is 189 Å². The normalized spacial score (nSPS) is 25.5. The van der Waals surface area contributed by atoms with Crippen LogP contribution in [0.2, 0.25) is 0 Å². The Kier molecular flexibility index (Phi) is 6.53. The summed E-state index contributed by atoms with van der Waals surface area (Å²) in [6.45, 7) is 0. The van der Waals surface area contributed by atoms with Crippen molar-refractivity contribution in [2.24, 2.45) is 16.6 Å². The van der Waals surface area contributed by atoms with Crippen LogP contribution in [0.25, 0.3) is 0 Å². The lowest BCUT2D eigenvalue weighted by molar-refractivity contribution is -0.131. The van der Waals surface area contributed by atoms with Crippen molar-refractivity contribution < 1.29 is 9.59 Å². The Balaban J connectivity index is 1.44. The van der Waals surface area contributed by atoms with Crippen LogP contribution in [0.3, 0.4) is 0 Å². The van der Waals surface area contributed by atoms with E-state index in [9.17, 15) is 9.59 Å². The van der Waals surface area contributed by atoms with Gasteiger partial charge in [0, 0.05) is 31.0 Å². The molecule has 2 aromatic rings. The summed E-state index contributed by atoms with van der Waals surface area (Å²) in [5.41, 5.74) is 7.05. The smallest absolute Gasteiger partial charge is 0.257 e. The van der Waals surface area contributed by atoms with E-state index < -0.39 is 5.54 Å². The summed E-state index contributed by atoms with van der Waals surface area (Å²) in [4.78, 5) is 36.0. The Morgan fingerprint density at radius 3 is 2.62 bits per heavy atom. The molecule has 1 aromatic carbocycles. The molecule has 1 aromatic heterocycles. The van der Waals surface area contributed by atoms with E-state index in [0.29, 0.717) is 30.3 Å². The Morgan fingerprint density at radius 2 is 1.94 bits per heavy atom. The summed E-state index contributed by atoms with van der Waals surface area (Å²) in [5.74, 6) is 0.500. The van der Waals surface area contributed by atoms with Crippen LogP contribution in [0.5, 0.6) is 0 Å². The van der Waals surface area contributed by atoms with Gasteiger partial charge in [-0.15, -0.1) is 0 Å². The number of nitrogens with one attached hydrogen (secondary N) is 1. The first-order chi connectivity index (χ1) is 15.5. The molecule has 0 spiro atoms. The van der Waals surface area contributed by atoms with Gasteiger partial charge in [-0.3, -0.25) is 19.5 Å². The monoisotopic (exact) mass is 433 g/mol. The van der Waals surface area contributed by atoms with E-state index in [0.717, 1.165) is 32.1 Å². The number of hydrogen-bond acceptors (Lipinski definition) is 5. The van der Waals surface area contributed by atoms with Gasteiger partial charge in [0.2, 0.25) is 0 Å². The molecule has 4 rings (SSSR count). The van der Waals surface area contributed by atoms with E-state index in [2.05, 4.69) is 22.4 Å². The molecular formula is C25H31N5O2. The molecule has 3 atom stereocenters. The lowest BCUT2D eigenvalue weighted by Gasteiger charge is -2.35. The zero-order chi connectivity index (χ0) is 22.6. The molecule has 0 saturated heterocycles. The third-order valence-electron chi connectivity index (χ3n) is 6.73. The van der Waals surface area contributed by atoms with Gasteiger partial charge in [-0.05, 0) is 55.7 Å². The molecule has 3 N–H and O–H groups in total. The second-order valence-electron chi connectivity index (χ2n) is 8.99. The van der Waals surface area contributed by atoms with Crippen molar-refractivity contribution in [3.63, 3.8) is 0 Å². The summed E-state index contributed by atoms with van der Waals surface area (Å²) < 4.78 is 0. The zero-order valence-electron chi connectivity index (χ0n) is 18.5. The maximum absolute atomic E-state index is 13.2. The van der Waals surface area contributed by atoms with Crippen molar-refractivity contribution in [1.82, 2.24) is 15.2 Å². The molecular weight excluding hydrogens is 402 g/mol. The van der Waals surface area contributed by atoms with E-state index in [1.165, 1.54) is 10.5 Å². The summed E-state index contributed by atoms with van der Waals surface area (Å²) in [6.07, 6.45) is 9.15. The van der Waals surface area contributed by atoms with Crippen molar-refractivity contribution >= 4 is 17.8 Å². The van der Waals surface area contributed by atoms with E-state index in [1.54, 1.807) is 31.6 Å². The maximum Gasteiger partial charge on any atom is 0.257 e. The molecule has 7 heteroatoms. The number of carbonyl (C=O) groups excluding carboxylic acids is 2. The molecule has 0 bridgehead atoms. The molecule has 1 fully saturated rings. The van der Waals surface area contributed by atoms with Crippen molar-refractivity contribution in [3.8, 4) is 0 Å². The molecule has 32 heavy (non-hydrogen) atoms. The highest BCUT2D eigenvalue weighted by molar-refractivity contribution is 6.06. The number of benzene rings is 1. The number of aryl methyl sites for hydroxylation is 1. The number of hydrogen-bond donors (Lipinski definition) is 2. The number of pyridine rings is 1. The molecule has 2 amide bonds. The van der Waals surface area contributed by atoms with Crippen LogP contribution in [0.1, 0.15) is 54.4 Å². The lowest BCUT2D eigenvalue weighted by atomic mass is 9.75. The van der Waals surface area contributed by atoms with Crippen molar-refractivity contribution in [3.05, 3.63) is 66.0 Å². The van der Waals surface area contributed by atoms with Crippen LogP contribution in [0.15, 0.2) is 59.9 Å². The van der Waals surface area contributed by atoms with Gasteiger partial charge in [0.1, 0.15) is 5.54 Å². The molecule has 2 aliphatic rings. The van der Waals surface area contributed by atoms with E-state index >= 15 is 0 Å². The number of nitrogens with zero attached hydrogens (tertiary/aromatic N) is 3. The lowest BCUT2D eigenvalue weighted by Crippen LogP contribution is -2.45. The second-order valence-corrected chi connectivity index (χ2v) is 8.99. The minimum atomic E-state index is -0.823. The fourth-order valence-corrected chi connectivity index (χ4v) is 5.01. The molecule has 3 unspecified atom stereocenters. The number of aromatic nitrogens is 1. The van der Waals surface area contributed by atoms with Crippen LogP contribution in [0.4, 0.5) is 0 Å². The quantitative estimate of drug-likeness (QED) is 0.701. The number of aliphatic imine (C=N–C) groups is 1. The van der Waals surface area contributed by atoms with Gasteiger partial charge < -0.3 is 11.1 Å². The molecule has 2 heterocycles. The van der Waals surface area contributed by atoms with Gasteiger partial charge in [0.05, 0.1) is 0 Å². The SMILES string of the molecule is CN1C(=O)C(CCc2ccccc2)(CC2CCCC(NC(=O)c3ccncc3)C2)N=C1N. The maximum atomic E-state index is 13.2. The van der Waals surface area contributed by atoms with Crippen molar-refractivity contribution in [1.29, 1.82) is 0 Å². The number of rotatable bonds is 7. The molecule has 168 valence electrons. The number of likely N-dealkylation sites (N-methyl/N-ethyl adjacent to an activating group) is 1. The van der Waals surface area contributed by atoms with Gasteiger partial charge >= 0.3 is 0 Å². The van der Waals surface area contributed by atoms with Gasteiger partial charge in [-0.1, -0.05) is 43.2 Å². The number of guanidine groups is 1. The van der Waals surface area contributed by atoms with Crippen LogP contribution < -0.4 is 11.1 Å². The number of amides is 2. The van der Waals surface area contributed by atoms with Gasteiger partial charge in [0.25, 0.3) is 11.8 Å². The highest BCUT2D eigenvalue weighted by Gasteiger charge is 2.47. The predicted octanol–water partition coefficient (Wildman–Crippen LogP) is 2.92. The average Bonchev–Trinajstić information content (AvgIpc) is 3.03. The van der Waals surface area contributed by atoms with E-state index in [4.69, 9.17) is 10.7 Å². The molecule has 1 aliphatic heterocycles. The van der Waals surface area contributed by atoms with Crippen molar-refractivity contribution in [2.75, 3.05) is 7.05 Å². The average molecular weight is 434 g/mol. The van der Waals surface area contributed by atoms with Crippen LogP contribution in [-0.4, -0.2) is 46.3 Å². The molecule has 0 radical (unpaired) electrons. The van der Waals surface area contributed by atoms with Gasteiger partial charge in [-0.25, -0.2) is 4.99 Å². The highest BCUT2D eigenvalue weighted by Crippen LogP contribution is 2.38. The standard InChI is InChI=1S/C25H31N5O2/c1-30-23(32)25(29-24(30)26,13-10-18-6-3-2-4-7-18)17-19-8-5-9-21(16-19)28-22(31)20-11-14-27-15-12-20/h2-4,6-7,11-12,14-15,19,21H,5,8-10,13,16-17H2,1H3,(H2,26,29)(H,28,31).